The third kappa shape index (κ3) is 21.7. The summed E-state index contributed by atoms with van der Waals surface area (Å²) in [5, 5.41) is 0. The second kappa shape index (κ2) is 33.3. The summed E-state index contributed by atoms with van der Waals surface area (Å²) in [4.78, 5) is 3.41. The Morgan fingerprint density at radius 3 is 1.43 bits per heavy atom. The number of hydrogen-bond acceptors (Lipinski definition) is 0. The van der Waals surface area contributed by atoms with Crippen LogP contribution < -0.4 is 0 Å². The van der Waals surface area contributed by atoms with Gasteiger partial charge in [-0.3, -0.25) is 0 Å². The van der Waals surface area contributed by atoms with E-state index in [1.165, 1.54) is 176 Å². The molecule has 2 nitrogen and oxygen atoms in total. The SMILES string of the molecule is CCCCCCCCCCCCCCCCCCCCCCCCC#CC(=C=[N+]=[N-])C(CCCC)=C(c1cccc(CC)c1)c1cccc(CCCC)c1. The van der Waals surface area contributed by atoms with E-state index in [4.69, 9.17) is 0 Å². The lowest BCUT2D eigenvalue weighted by atomic mass is 9.85. The van der Waals surface area contributed by atoms with Crippen molar-refractivity contribution in [1.82, 2.24) is 0 Å². The van der Waals surface area contributed by atoms with Gasteiger partial charge in [0.15, 0.2) is 5.57 Å². The number of rotatable bonds is 32. The molecule has 0 aliphatic carbocycles. The highest BCUT2D eigenvalue weighted by Crippen LogP contribution is 2.34. The normalized spacial score (nSPS) is 11.4. The summed E-state index contributed by atoms with van der Waals surface area (Å²) in [7, 11) is 0. The molecule has 0 aliphatic heterocycles. The maximum atomic E-state index is 9.75. The second-order valence-electron chi connectivity index (χ2n) is 15.9. The molecule has 0 spiro atoms. The number of hydrogen-bond donors (Lipinski definition) is 0. The summed E-state index contributed by atoms with van der Waals surface area (Å²) in [6.07, 6.45) is 39.1. The van der Waals surface area contributed by atoms with E-state index in [0.717, 1.165) is 56.1 Å². The van der Waals surface area contributed by atoms with Crippen LogP contribution in [0.25, 0.3) is 11.1 Å². The predicted molar refractivity (Wildman–Crippen MR) is 238 cm³/mol. The van der Waals surface area contributed by atoms with Crippen molar-refractivity contribution in [3.63, 3.8) is 0 Å². The average Bonchev–Trinajstić information content (AvgIpc) is 3.20. The Kier molecular flexibility index (Phi) is 29.0. The first-order chi connectivity index (χ1) is 26.7. The molecule has 0 saturated heterocycles. The molecule has 0 heterocycles. The van der Waals surface area contributed by atoms with Crippen molar-refractivity contribution in [2.24, 2.45) is 0 Å². The summed E-state index contributed by atoms with van der Waals surface area (Å²) in [5.41, 5.74) is 17.9. The quantitative estimate of drug-likeness (QED) is 0.0179. The van der Waals surface area contributed by atoms with Crippen molar-refractivity contribution in [2.45, 2.75) is 220 Å². The minimum absolute atomic E-state index is 0.723. The highest BCUT2D eigenvalue weighted by molar-refractivity contribution is 5.89. The van der Waals surface area contributed by atoms with Crippen molar-refractivity contribution in [1.29, 1.82) is 0 Å². The van der Waals surface area contributed by atoms with E-state index in [-0.39, 0.29) is 0 Å². The molecular weight excluding hydrogens is 653 g/mol. The van der Waals surface area contributed by atoms with Crippen molar-refractivity contribution in [2.75, 3.05) is 0 Å². The van der Waals surface area contributed by atoms with Crippen LogP contribution in [0.4, 0.5) is 0 Å². The van der Waals surface area contributed by atoms with Gasteiger partial charge in [-0.05, 0) is 71.9 Å². The fraction of sp³-hybridized carbons (Fsp3) is 0.654. The first kappa shape index (κ1) is 47.1. The van der Waals surface area contributed by atoms with E-state index in [1.54, 1.807) is 0 Å². The summed E-state index contributed by atoms with van der Waals surface area (Å²) in [6, 6.07) is 18.0. The van der Waals surface area contributed by atoms with Crippen molar-refractivity contribution in [3.05, 3.63) is 87.5 Å². The number of nitrogens with zero attached hydrogens (tertiary/aromatic N) is 2. The van der Waals surface area contributed by atoms with Gasteiger partial charge >= 0.3 is 5.87 Å². The molecule has 0 atom stereocenters. The van der Waals surface area contributed by atoms with Crippen LogP contribution in [0.15, 0.2) is 59.7 Å². The molecule has 0 aliphatic rings. The molecular formula is C52H80N2. The van der Waals surface area contributed by atoms with Gasteiger partial charge in [0.25, 0.3) is 0 Å². The fourth-order valence-corrected chi connectivity index (χ4v) is 7.65. The van der Waals surface area contributed by atoms with Crippen LogP contribution in [0.1, 0.15) is 230 Å². The molecule has 2 rings (SSSR count). The van der Waals surface area contributed by atoms with E-state index >= 15 is 0 Å². The molecule has 0 amide bonds. The molecule has 2 aromatic carbocycles. The third-order valence-corrected chi connectivity index (χ3v) is 11.1. The van der Waals surface area contributed by atoms with Crippen LogP contribution in [-0.2, 0) is 12.8 Å². The van der Waals surface area contributed by atoms with Crippen molar-refractivity contribution >= 4 is 11.4 Å². The topological polar surface area (TPSA) is 36.4 Å². The predicted octanol–water partition coefficient (Wildman–Crippen LogP) is 16.4. The molecule has 0 aromatic heterocycles. The van der Waals surface area contributed by atoms with E-state index in [0.29, 0.717) is 0 Å². The van der Waals surface area contributed by atoms with Crippen LogP contribution in [0, 0.1) is 11.8 Å². The molecule has 2 heteroatoms. The lowest BCUT2D eigenvalue weighted by molar-refractivity contribution is 0.00770. The van der Waals surface area contributed by atoms with Gasteiger partial charge in [-0.1, -0.05) is 236 Å². The molecule has 0 radical (unpaired) electrons. The standard InChI is InChI=1S/C52H80N2/c1-5-9-12-13-14-15-16-17-18-19-20-21-22-23-24-25-26-27-28-29-30-31-32-33-39-50(45-54-53)51(42-11-7-3)52(48-40-34-37-46(8-4)43-48)49-41-35-38-47(44-49)36-10-6-2/h34-35,37-38,40-41,43-44H,5-32,36,42H2,1-4H3. The smallest absolute Gasteiger partial charge is 0.317 e. The number of allylic oxidation sites excluding steroid dienone is 2. The van der Waals surface area contributed by atoms with Gasteiger partial charge < -0.3 is 5.53 Å². The van der Waals surface area contributed by atoms with Gasteiger partial charge in [-0.25, -0.2) is 0 Å². The maximum Gasteiger partial charge on any atom is 0.317 e. The van der Waals surface area contributed by atoms with Crippen LogP contribution >= 0.6 is 0 Å². The Bertz CT molecular complexity index is 1420. The van der Waals surface area contributed by atoms with Gasteiger partial charge in [-0.2, -0.15) is 0 Å². The molecule has 0 N–H and O–H groups in total. The zero-order valence-corrected chi connectivity index (χ0v) is 35.7. The van der Waals surface area contributed by atoms with Crippen LogP contribution in [0.2, 0.25) is 0 Å². The molecule has 54 heavy (non-hydrogen) atoms. The van der Waals surface area contributed by atoms with Gasteiger partial charge in [0.2, 0.25) is 0 Å². The maximum absolute atomic E-state index is 9.75. The Morgan fingerprint density at radius 2 is 0.963 bits per heavy atom. The van der Waals surface area contributed by atoms with Gasteiger partial charge in [0.05, 0.1) is 0 Å². The van der Waals surface area contributed by atoms with Crippen molar-refractivity contribution in [3.8, 4) is 11.8 Å². The van der Waals surface area contributed by atoms with E-state index in [1.807, 2.05) is 0 Å². The molecule has 298 valence electrons. The average molecular weight is 733 g/mol. The molecule has 0 saturated carbocycles. The van der Waals surface area contributed by atoms with Gasteiger partial charge in [0, 0.05) is 6.42 Å². The first-order valence-electron chi connectivity index (χ1n) is 23.1. The Labute approximate surface area is 334 Å². The lowest BCUT2D eigenvalue weighted by Gasteiger charge is -2.17. The van der Waals surface area contributed by atoms with Crippen LogP contribution in [0.3, 0.4) is 0 Å². The number of unbranched alkanes of at least 4 members (excludes halogenated alkanes) is 24. The summed E-state index contributed by atoms with van der Waals surface area (Å²) < 4.78 is 0. The summed E-state index contributed by atoms with van der Waals surface area (Å²) in [5.74, 6) is 9.81. The molecule has 2 aromatic rings. The van der Waals surface area contributed by atoms with E-state index < -0.39 is 0 Å². The highest BCUT2D eigenvalue weighted by Gasteiger charge is 2.18. The Balaban J connectivity index is 1.80. The first-order valence-corrected chi connectivity index (χ1v) is 23.1. The molecule has 0 unspecified atom stereocenters. The lowest BCUT2D eigenvalue weighted by Crippen LogP contribution is -2.01. The Morgan fingerprint density at radius 1 is 0.519 bits per heavy atom. The van der Waals surface area contributed by atoms with Crippen LogP contribution in [0.5, 0.6) is 0 Å². The summed E-state index contributed by atoms with van der Waals surface area (Å²) >= 11 is 0. The van der Waals surface area contributed by atoms with Gasteiger partial charge in [-0.15, -0.1) is 4.79 Å². The number of benzene rings is 2. The zero-order valence-electron chi connectivity index (χ0n) is 35.7. The Hall–Kier alpha value is -3.10. The van der Waals surface area contributed by atoms with Crippen molar-refractivity contribution < 1.29 is 4.79 Å². The monoisotopic (exact) mass is 733 g/mol. The minimum atomic E-state index is 0.723. The largest absolute Gasteiger partial charge is 0.348 e. The second-order valence-corrected chi connectivity index (χ2v) is 15.9. The zero-order chi connectivity index (χ0) is 38.7. The number of aryl methyl sites for hydroxylation is 2. The molecule has 0 fully saturated rings. The van der Waals surface area contributed by atoms with Crippen LogP contribution in [-0.4, -0.2) is 10.7 Å². The highest BCUT2D eigenvalue weighted by atomic mass is 14.8. The van der Waals surface area contributed by atoms with E-state index in [2.05, 4.69) is 98.7 Å². The fourth-order valence-electron chi connectivity index (χ4n) is 7.65. The summed E-state index contributed by atoms with van der Waals surface area (Å²) in [6.45, 7) is 9.00. The third-order valence-electron chi connectivity index (χ3n) is 11.1. The van der Waals surface area contributed by atoms with E-state index in [9.17, 15) is 5.53 Å². The molecule has 0 bridgehead atoms. The minimum Gasteiger partial charge on any atom is -0.348 e. The van der Waals surface area contributed by atoms with Gasteiger partial charge in [0.1, 0.15) is 0 Å².